The van der Waals surface area contributed by atoms with Crippen molar-refractivity contribution in [1.82, 2.24) is 0 Å². The zero-order valence-electron chi connectivity index (χ0n) is 12.7. The maximum absolute atomic E-state index is 3.40. The van der Waals surface area contributed by atoms with Crippen molar-refractivity contribution in [3.63, 3.8) is 0 Å². The normalized spacial score (nSPS) is 10.1. The third-order valence-corrected chi connectivity index (χ3v) is 3.35. The van der Waals surface area contributed by atoms with Crippen LogP contribution < -0.4 is 5.32 Å². The summed E-state index contributed by atoms with van der Waals surface area (Å²) >= 11 is 0. The van der Waals surface area contributed by atoms with Crippen molar-refractivity contribution < 1.29 is 0 Å². The molecule has 0 unspecified atom stereocenters. The summed E-state index contributed by atoms with van der Waals surface area (Å²) in [6.07, 6.45) is 3.90. The lowest BCUT2D eigenvalue weighted by atomic mass is 10.1. The molecule has 0 saturated carbocycles. The zero-order chi connectivity index (χ0) is 15.7. The Morgan fingerprint density at radius 1 is 0.696 bits per heavy atom. The summed E-state index contributed by atoms with van der Waals surface area (Å²) in [5.74, 6) is 6.31. The largest absolute Gasteiger partial charge is 0.355 e. The smallest absolute Gasteiger partial charge is 0.0543 e. The van der Waals surface area contributed by atoms with Crippen LogP contribution in [0.3, 0.4) is 0 Å². The van der Waals surface area contributed by atoms with Gasteiger partial charge in [0.15, 0.2) is 0 Å². The minimum Gasteiger partial charge on any atom is -0.355 e. The first-order chi connectivity index (χ1) is 11.4. The minimum atomic E-state index is 0.981. The van der Waals surface area contributed by atoms with Gasteiger partial charge in [0.25, 0.3) is 0 Å². The molecule has 3 rings (SSSR count). The van der Waals surface area contributed by atoms with Gasteiger partial charge in [-0.2, -0.15) is 0 Å². The van der Waals surface area contributed by atoms with Gasteiger partial charge in [0.2, 0.25) is 0 Å². The van der Waals surface area contributed by atoms with Crippen molar-refractivity contribution in [2.45, 2.75) is 0 Å². The summed E-state index contributed by atoms with van der Waals surface area (Å²) in [5, 5.41) is 3.40. The van der Waals surface area contributed by atoms with E-state index in [1.807, 2.05) is 84.9 Å². The lowest BCUT2D eigenvalue weighted by Gasteiger charge is -2.08. The molecule has 110 valence electrons. The summed E-state index contributed by atoms with van der Waals surface area (Å²) in [6.45, 7) is 0. The lowest BCUT2D eigenvalue weighted by molar-refractivity contribution is 1.53. The monoisotopic (exact) mass is 295 g/mol. The van der Waals surface area contributed by atoms with E-state index in [-0.39, 0.29) is 0 Å². The summed E-state index contributed by atoms with van der Waals surface area (Å²) in [4.78, 5) is 0. The van der Waals surface area contributed by atoms with Gasteiger partial charge in [-0.25, -0.2) is 0 Å². The molecule has 1 nitrogen and oxygen atoms in total. The fraction of sp³-hybridized carbons (Fsp3) is 0. The molecule has 3 aromatic rings. The van der Waals surface area contributed by atoms with E-state index in [1.165, 1.54) is 0 Å². The van der Waals surface area contributed by atoms with E-state index in [4.69, 9.17) is 0 Å². The maximum Gasteiger partial charge on any atom is 0.0543 e. The van der Waals surface area contributed by atoms with E-state index in [1.54, 1.807) is 0 Å². The predicted octanol–water partition coefficient (Wildman–Crippen LogP) is 5.50. The number of rotatable bonds is 3. The van der Waals surface area contributed by atoms with E-state index in [0.29, 0.717) is 0 Å². The summed E-state index contributed by atoms with van der Waals surface area (Å²) < 4.78 is 0. The van der Waals surface area contributed by atoms with Gasteiger partial charge in [0, 0.05) is 11.3 Å². The molecule has 0 spiro atoms. The van der Waals surface area contributed by atoms with Gasteiger partial charge in [-0.05, 0) is 42.0 Å². The van der Waals surface area contributed by atoms with Crippen molar-refractivity contribution >= 4 is 17.5 Å². The quantitative estimate of drug-likeness (QED) is 0.629. The van der Waals surface area contributed by atoms with E-state index in [2.05, 4.69) is 29.3 Å². The van der Waals surface area contributed by atoms with Crippen LogP contribution in [0.4, 0.5) is 11.4 Å². The van der Waals surface area contributed by atoms with Crippen molar-refractivity contribution in [1.29, 1.82) is 0 Å². The maximum atomic E-state index is 3.40. The summed E-state index contributed by atoms with van der Waals surface area (Å²) in [7, 11) is 0. The Kier molecular flexibility index (Phi) is 4.90. The van der Waals surface area contributed by atoms with Gasteiger partial charge in [-0.1, -0.05) is 72.5 Å². The van der Waals surface area contributed by atoms with Crippen molar-refractivity contribution in [3.05, 3.63) is 102 Å². The Morgan fingerprint density at radius 2 is 1.35 bits per heavy atom. The Balaban J connectivity index is 1.76. The first-order valence-corrected chi connectivity index (χ1v) is 7.56. The SMILES string of the molecule is C(#Cc1ccccc1Nc1ccccc1)/C=C/c1ccccc1. The average Bonchev–Trinajstić information content (AvgIpc) is 2.62. The number of allylic oxidation sites excluding steroid dienone is 1. The third-order valence-electron chi connectivity index (χ3n) is 3.35. The molecule has 23 heavy (non-hydrogen) atoms. The van der Waals surface area contributed by atoms with Crippen LogP contribution >= 0.6 is 0 Å². The van der Waals surface area contributed by atoms with Crippen LogP contribution in [-0.2, 0) is 0 Å². The Labute approximate surface area is 137 Å². The molecule has 0 aliphatic carbocycles. The fourth-order valence-corrected chi connectivity index (χ4v) is 2.20. The van der Waals surface area contributed by atoms with Crippen LogP contribution in [0.25, 0.3) is 6.08 Å². The highest BCUT2D eigenvalue weighted by molar-refractivity contribution is 5.67. The molecule has 0 atom stereocenters. The summed E-state index contributed by atoms with van der Waals surface area (Å²) in [6, 6.07) is 28.4. The van der Waals surface area contributed by atoms with E-state index >= 15 is 0 Å². The number of para-hydroxylation sites is 2. The standard InChI is InChI=1S/C22H17N/c1-3-11-19(12-4-1)13-7-8-14-20-15-9-10-18-22(20)23-21-16-5-2-6-17-21/h1-7,9-13,15-18,23H/b13-7+. The van der Waals surface area contributed by atoms with E-state index in [0.717, 1.165) is 22.5 Å². The van der Waals surface area contributed by atoms with Crippen LogP contribution in [-0.4, -0.2) is 0 Å². The van der Waals surface area contributed by atoms with Crippen LogP contribution in [0.5, 0.6) is 0 Å². The number of nitrogens with one attached hydrogen (secondary N) is 1. The Hall–Kier alpha value is -3.24. The molecule has 0 bridgehead atoms. The number of benzene rings is 3. The molecule has 3 aromatic carbocycles. The van der Waals surface area contributed by atoms with Gasteiger partial charge in [0.1, 0.15) is 0 Å². The molecular formula is C22H17N. The highest BCUT2D eigenvalue weighted by atomic mass is 14.9. The van der Waals surface area contributed by atoms with Crippen LogP contribution in [0.1, 0.15) is 11.1 Å². The van der Waals surface area contributed by atoms with Crippen molar-refractivity contribution in [2.24, 2.45) is 0 Å². The molecule has 0 heterocycles. The molecule has 0 aliphatic rings. The summed E-state index contributed by atoms with van der Waals surface area (Å²) in [5.41, 5.74) is 4.20. The molecule has 0 aliphatic heterocycles. The highest BCUT2D eigenvalue weighted by Gasteiger charge is 1.98. The first kappa shape index (κ1) is 14.7. The minimum absolute atomic E-state index is 0.981. The molecule has 0 aromatic heterocycles. The van der Waals surface area contributed by atoms with Crippen LogP contribution in [0, 0.1) is 11.8 Å². The van der Waals surface area contributed by atoms with E-state index < -0.39 is 0 Å². The predicted molar refractivity (Wildman–Crippen MR) is 98.5 cm³/mol. The Bertz CT molecular complexity index is 837. The molecule has 0 saturated heterocycles. The molecule has 0 fully saturated rings. The second-order valence-electron chi connectivity index (χ2n) is 5.05. The molecule has 0 radical (unpaired) electrons. The fourth-order valence-electron chi connectivity index (χ4n) is 2.20. The molecule has 1 N–H and O–H groups in total. The van der Waals surface area contributed by atoms with Gasteiger partial charge in [-0.15, -0.1) is 0 Å². The van der Waals surface area contributed by atoms with Gasteiger partial charge >= 0.3 is 0 Å². The Morgan fingerprint density at radius 3 is 2.13 bits per heavy atom. The van der Waals surface area contributed by atoms with Gasteiger partial charge < -0.3 is 5.32 Å². The lowest BCUT2D eigenvalue weighted by Crippen LogP contribution is -1.92. The van der Waals surface area contributed by atoms with Crippen LogP contribution in [0.15, 0.2) is 91.0 Å². The second-order valence-corrected chi connectivity index (χ2v) is 5.05. The first-order valence-electron chi connectivity index (χ1n) is 7.56. The number of hydrogen-bond donors (Lipinski definition) is 1. The van der Waals surface area contributed by atoms with Gasteiger partial charge in [0.05, 0.1) is 5.69 Å². The average molecular weight is 295 g/mol. The van der Waals surface area contributed by atoms with E-state index in [9.17, 15) is 0 Å². The topological polar surface area (TPSA) is 12.0 Å². The number of anilines is 2. The third kappa shape index (κ3) is 4.36. The van der Waals surface area contributed by atoms with Gasteiger partial charge in [-0.3, -0.25) is 0 Å². The molecule has 1 heteroatoms. The zero-order valence-corrected chi connectivity index (χ0v) is 12.7. The van der Waals surface area contributed by atoms with Crippen LogP contribution in [0.2, 0.25) is 0 Å². The second kappa shape index (κ2) is 7.68. The number of hydrogen-bond acceptors (Lipinski definition) is 1. The molecular weight excluding hydrogens is 278 g/mol. The van der Waals surface area contributed by atoms with Crippen molar-refractivity contribution in [3.8, 4) is 11.8 Å². The van der Waals surface area contributed by atoms with Crippen molar-refractivity contribution in [2.75, 3.05) is 5.32 Å². The molecule has 0 amide bonds. The highest BCUT2D eigenvalue weighted by Crippen LogP contribution is 2.19.